The Kier molecular flexibility index (Phi) is 6.22. The maximum atomic E-state index is 12.3. The van der Waals surface area contributed by atoms with Gasteiger partial charge in [-0.15, -0.1) is 0 Å². The molecule has 1 atom stereocenters. The first-order chi connectivity index (χ1) is 11.9. The number of hydrogen-bond acceptors (Lipinski definition) is 5. The van der Waals surface area contributed by atoms with Crippen LogP contribution < -0.4 is 10.2 Å². The van der Waals surface area contributed by atoms with E-state index >= 15 is 0 Å². The lowest BCUT2D eigenvalue weighted by molar-refractivity contribution is -0.134. The van der Waals surface area contributed by atoms with Crippen LogP contribution in [-0.2, 0) is 9.53 Å². The Labute approximate surface area is 147 Å². The number of fused-ring (bicyclic) bond motifs is 1. The molecule has 25 heavy (non-hydrogen) atoms. The molecule has 6 nitrogen and oxygen atoms in total. The number of carbonyl (C=O) groups is 2. The summed E-state index contributed by atoms with van der Waals surface area (Å²) in [4.78, 5) is 25.3. The van der Waals surface area contributed by atoms with Crippen molar-refractivity contribution in [2.75, 3.05) is 26.1 Å². The van der Waals surface area contributed by atoms with Gasteiger partial charge in [0, 0.05) is 43.4 Å². The maximum Gasteiger partial charge on any atom is 0.330 e. The van der Waals surface area contributed by atoms with Crippen molar-refractivity contribution in [2.45, 2.75) is 25.8 Å². The lowest BCUT2D eigenvalue weighted by atomic mass is 10.1. The number of allylic oxidation sites excluding steroid dienone is 1. The third-order valence-electron chi connectivity index (χ3n) is 3.84. The third kappa shape index (κ3) is 5.11. The van der Waals surface area contributed by atoms with E-state index in [0.29, 0.717) is 24.2 Å². The van der Waals surface area contributed by atoms with Gasteiger partial charge in [-0.2, -0.15) is 0 Å². The molecular weight excluding hydrogens is 320 g/mol. The zero-order chi connectivity index (χ0) is 18.4. The Balaban J connectivity index is 1.95. The third-order valence-corrected chi connectivity index (χ3v) is 3.84. The summed E-state index contributed by atoms with van der Waals surface area (Å²) in [5, 5.41) is 3.80. The van der Waals surface area contributed by atoms with Gasteiger partial charge in [-0.25, -0.2) is 4.79 Å². The molecule has 1 unspecified atom stereocenters. The minimum Gasteiger partial charge on any atom is -0.466 e. The lowest BCUT2D eigenvalue weighted by Gasteiger charge is -2.11. The highest BCUT2D eigenvalue weighted by Gasteiger charge is 2.15. The summed E-state index contributed by atoms with van der Waals surface area (Å²) in [5.74, 6) is -0.328. The number of amides is 1. The van der Waals surface area contributed by atoms with Gasteiger partial charge < -0.3 is 19.4 Å². The normalized spacial score (nSPS) is 12.3. The molecule has 0 fully saturated rings. The molecule has 0 bridgehead atoms. The molecular formula is C19H24N2O4. The zero-order valence-electron chi connectivity index (χ0n) is 15.0. The van der Waals surface area contributed by atoms with Crippen LogP contribution in [0.4, 0.5) is 5.69 Å². The number of carbonyl (C=O) groups excluding carboxylic acids is 2. The van der Waals surface area contributed by atoms with Gasteiger partial charge in [-0.3, -0.25) is 4.79 Å². The molecule has 0 saturated heterocycles. The van der Waals surface area contributed by atoms with E-state index in [0.717, 1.165) is 11.1 Å². The number of hydrogen-bond donors (Lipinski definition) is 1. The SMILES string of the molecule is COC(=O)/C=C/CCC(C)NC(=O)c1cc2ccc(N(C)C)cc2o1. The average Bonchev–Trinajstić information content (AvgIpc) is 3.01. The molecule has 1 amide bonds. The Morgan fingerprint density at radius 3 is 2.76 bits per heavy atom. The standard InChI is InChI=1S/C19H24N2O4/c1-13(7-5-6-8-18(22)24-4)20-19(23)17-11-14-9-10-15(21(2)3)12-16(14)25-17/h6,8-13H,5,7H2,1-4H3,(H,20,23)/b8-6+. The van der Waals surface area contributed by atoms with Crippen molar-refractivity contribution in [3.05, 3.63) is 42.2 Å². The van der Waals surface area contributed by atoms with Gasteiger partial charge in [0.2, 0.25) is 0 Å². The molecule has 1 N–H and O–H groups in total. The van der Waals surface area contributed by atoms with Crippen molar-refractivity contribution in [1.82, 2.24) is 5.32 Å². The molecule has 0 aliphatic heterocycles. The summed E-state index contributed by atoms with van der Waals surface area (Å²) in [6.07, 6.45) is 4.50. The van der Waals surface area contributed by atoms with Gasteiger partial charge in [0.1, 0.15) is 5.58 Å². The first kappa shape index (κ1) is 18.6. The molecule has 2 aromatic rings. The van der Waals surface area contributed by atoms with Crippen LogP contribution in [0.5, 0.6) is 0 Å². The van der Waals surface area contributed by atoms with Gasteiger partial charge >= 0.3 is 5.97 Å². The number of methoxy groups -OCH3 is 1. The van der Waals surface area contributed by atoms with E-state index in [1.807, 2.05) is 44.1 Å². The predicted molar refractivity (Wildman–Crippen MR) is 97.9 cm³/mol. The van der Waals surface area contributed by atoms with Gasteiger partial charge in [0.25, 0.3) is 5.91 Å². The van der Waals surface area contributed by atoms with E-state index in [9.17, 15) is 9.59 Å². The van der Waals surface area contributed by atoms with E-state index in [1.165, 1.54) is 13.2 Å². The van der Waals surface area contributed by atoms with Crippen LogP contribution in [0.25, 0.3) is 11.0 Å². The van der Waals surface area contributed by atoms with Crippen LogP contribution in [0.3, 0.4) is 0 Å². The molecule has 1 aromatic carbocycles. The molecule has 0 aliphatic carbocycles. The second-order valence-electron chi connectivity index (χ2n) is 6.10. The van der Waals surface area contributed by atoms with Crippen LogP contribution in [0.2, 0.25) is 0 Å². The van der Waals surface area contributed by atoms with Crippen LogP contribution in [-0.4, -0.2) is 39.1 Å². The summed E-state index contributed by atoms with van der Waals surface area (Å²) in [6, 6.07) is 7.53. The van der Waals surface area contributed by atoms with Crippen molar-refractivity contribution in [1.29, 1.82) is 0 Å². The molecule has 1 heterocycles. The molecule has 2 rings (SSSR count). The van der Waals surface area contributed by atoms with E-state index < -0.39 is 0 Å². The summed E-state index contributed by atoms with van der Waals surface area (Å²) >= 11 is 0. The first-order valence-corrected chi connectivity index (χ1v) is 8.17. The Hall–Kier alpha value is -2.76. The Morgan fingerprint density at radius 2 is 2.08 bits per heavy atom. The van der Waals surface area contributed by atoms with Crippen LogP contribution >= 0.6 is 0 Å². The van der Waals surface area contributed by atoms with Crippen molar-refractivity contribution < 1.29 is 18.7 Å². The van der Waals surface area contributed by atoms with Gasteiger partial charge in [0.15, 0.2) is 5.76 Å². The largest absolute Gasteiger partial charge is 0.466 e. The lowest BCUT2D eigenvalue weighted by Crippen LogP contribution is -2.32. The van der Waals surface area contributed by atoms with E-state index in [1.54, 1.807) is 12.1 Å². The van der Waals surface area contributed by atoms with Crippen LogP contribution in [0, 0.1) is 0 Å². The van der Waals surface area contributed by atoms with Crippen molar-refractivity contribution in [3.63, 3.8) is 0 Å². The fourth-order valence-electron chi connectivity index (χ4n) is 2.37. The summed E-state index contributed by atoms with van der Waals surface area (Å²) in [6.45, 7) is 1.91. The second-order valence-corrected chi connectivity index (χ2v) is 6.10. The van der Waals surface area contributed by atoms with Crippen molar-refractivity contribution >= 4 is 28.5 Å². The molecule has 0 radical (unpaired) electrons. The summed E-state index contributed by atoms with van der Waals surface area (Å²) in [7, 11) is 5.24. The van der Waals surface area contributed by atoms with Crippen LogP contribution in [0.15, 0.2) is 40.8 Å². The van der Waals surface area contributed by atoms with E-state index in [-0.39, 0.29) is 17.9 Å². The van der Waals surface area contributed by atoms with E-state index in [4.69, 9.17) is 4.42 Å². The van der Waals surface area contributed by atoms with Gasteiger partial charge in [-0.1, -0.05) is 6.08 Å². The maximum absolute atomic E-state index is 12.3. The highest BCUT2D eigenvalue weighted by molar-refractivity contribution is 5.96. The summed E-state index contributed by atoms with van der Waals surface area (Å²) in [5.41, 5.74) is 1.70. The van der Waals surface area contributed by atoms with Crippen LogP contribution in [0.1, 0.15) is 30.3 Å². The number of ether oxygens (including phenoxy) is 1. The minimum atomic E-state index is -0.379. The highest BCUT2D eigenvalue weighted by atomic mass is 16.5. The number of nitrogens with zero attached hydrogens (tertiary/aromatic N) is 1. The topological polar surface area (TPSA) is 71.8 Å². The molecule has 0 saturated carbocycles. The summed E-state index contributed by atoms with van der Waals surface area (Å²) < 4.78 is 10.2. The number of nitrogens with one attached hydrogen (secondary N) is 1. The monoisotopic (exact) mass is 344 g/mol. The minimum absolute atomic E-state index is 0.0413. The van der Waals surface area contributed by atoms with Gasteiger partial charge in [0.05, 0.1) is 7.11 Å². The average molecular weight is 344 g/mol. The molecule has 0 spiro atoms. The molecule has 1 aromatic heterocycles. The number of benzene rings is 1. The number of rotatable bonds is 7. The number of esters is 1. The number of anilines is 1. The predicted octanol–water partition coefficient (Wildman–Crippen LogP) is 3.13. The molecule has 134 valence electrons. The zero-order valence-corrected chi connectivity index (χ0v) is 15.0. The fourth-order valence-corrected chi connectivity index (χ4v) is 2.37. The Bertz CT molecular complexity index is 777. The Morgan fingerprint density at radius 1 is 1.32 bits per heavy atom. The first-order valence-electron chi connectivity index (χ1n) is 8.17. The van der Waals surface area contributed by atoms with Crippen molar-refractivity contribution in [3.8, 4) is 0 Å². The molecule has 6 heteroatoms. The highest BCUT2D eigenvalue weighted by Crippen LogP contribution is 2.24. The van der Waals surface area contributed by atoms with Crippen molar-refractivity contribution in [2.24, 2.45) is 0 Å². The van der Waals surface area contributed by atoms with E-state index in [2.05, 4.69) is 10.1 Å². The second kappa shape index (κ2) is 8.37. The smallest absolute Gasteiger partial charge is 0.330 e. The number of furan rings is 1. The molecule has 0 aliphatic rings. The quantitative estimate of drug-likeness (QED) is 0.617. The van der Waals surface area contributed by atoms with Gasteiger partial charge in [-0.05, 0) is 38.0 Å². The fraction of sp³-hybridized carbons (Fsp3) is 0.368.